The molecule has 2 amide bonds. The molecule has 0 spiro atoms. The monoisotopic (exact) mass is 486 g/mol. The Morgan fingerprint density at radius 3 is 2.61 bits per heavy atom. The van der Waals surface area contributed by atoms with Crippen molar-refractivity contribution in [3.63, 3.8) is 0 Å². The maximum Gasteiger partial charge on any atom is 0.257 e. The number of hydrogen-bond donors (Lipinski definition) is 2. The molecule has 1 heterocycles. The zero-order valence-corrected chi connectivity index (χ0v) is 18.9. The van der Waals surface area contributed by atoms with Crippen LogP contribution < -0.4 is 15.4 Å². The highest BCUT2D eigenvalue weighted by Crippen LogP contribution is 2.35. The number of rotatable bonds is 8. The molecule has 0 bridgehead atoms. The molecule has 2 N–H and O–H groups in total. The van der Waals surface area contributed by atoms with E-state index in [0.717, 1.165) is 30.2 Å². The van der Waals surface area contributed by atoms with E-state index in [1.54, 1.807) is 18.2 Å². The van der Waals surface area contributed by atoms with Gasteiger partial charge < -0.3 is 20.1 Å². The fraction of sp³-hybridized carbons (Fsp3) is 0.417. The van der Waals surface area contributed by atoms with Crippen LogP contribution in [0.3, 0.4) is 0 Å². The third-order valence-electron chi connectivity index (χ3n) is 5.93. The second kappa shape index (κ2) is 9.83. The van der Waals surface area contributed by atoms with Crippen molar-refractivity contribution in [2.24, 2.45) is 5.92 Å². The van der Waals surface area contributed by atoms with Crippen molar-refractivity contribution in [1.29, 1.82) is 0 Å². The lowest BCUT2D eigenvalue weighted by molar-refractivity contribution is -0.123. The zero-order chi connectivity index (χ0) is 21.7. The molecular formula is C24H27BrN2O4. The van der Waals surface area contributed by atoms with Crippen molar-refractivity contribution < 1.29 is 19.1 Å². The van der Waals surface area contributed by atoms with Gasteiger partial charge in [0.15, 0.2) is 6.61 Å². The number of carbonyl (C=O) groups is 2. The van der Waals surface area contributed by atoms with Crippen LogP contribution in [0.15, 0.2) is 53.0 Å². The third kappa shape index (κ3) is 5.86. The highest BCUT2D eigenvalue weighted by atomic mass is 79.9. The van der Waals surface area contributed by atoms with E-state index in [1.165, 1.54) is 5.56 Å². The Kier molecular flexibility index (Phi) is 6.92. The van der Waals surface area contributed by atoms with Gasteiger partial charge in [0.25, 0.3) is 5.91 Å². The van der Waals surface area contributed by atoms with Crippen LogP contribution in [0, 0.1) is 5.92 Å². The average Bonchev–Trinajstić information content (AvgIpc) is 3.63. The molecule has 1 aliphatic carbocycles. The summed E-state index contributed by atoms with van der Waals surface area (Å²) in [5.74, 6) is 0.562. The minimum absolute atomic E-state index is 0.0456. The van der Waals surface area contributed by atoms with Gasteiger partial charge in [-0.2, -0.15) is 0 Å². The van der Waals surface area contributed by atoms with Gasteiger partial charge in [0.2, 0.25) is 5.91 Å². The first-order chi connectivity index (χ1) is 15.0. The smallest absolute Gasteiger partial charge is 0.257 e. The standard InChI is InChI=1S/C24H27BrN2O4/c25-19-4-1-3-18(13-19)24(9-11-30-12-10-24)16-26-22(28)15-31-21-6-2-5-20(14-21)27-23(29)17-7-8-17/h1-6,13-14,17H,7-12,15-16H2,(H,26,28)(H,27,29). The summed E-state index contributed by atoms with van der Waals surface area (Å²) in [5, 5.41) is 5.94. The number of benzene rings is 2. The van der Waals surface area contributed by atoms with E-state index < -0.39 is 0 Å². The molecule has 0 unspecified atom stereocenters. The van der Waals surface area contributed by atoms with Crippen LogP contribution in [0.25, 0.3) is 0 Å². The van der Waals surface area contributed by atoms with Crippen molar-refractivity contribution in [3.8, 4) is 5.75 Å². The summed E-state index contributed by atoms with van der Waals surface area (Å²) in [4.78, 5) is 24.4. The molecule has 2 aromatic rings. The van der Waals surface area contributed by atoms with Crippen LogP contribution >= 0.6 is 15.9 Å². The number of anilines is 1. The molecule has 2 fully saturated rings. The first-order valence-corrected chi connectivity index (χ1v) is 11.5. The Morgan fingerprint density at radius 1 is 1.10 bits per heavy atom. The van der Waals surface area contributed by atoms with Gasteiger partial charge in [0.05, 0.1) is 0 Å². The molecule has 164 valence electrons. The second-order valence-electron chi connectivity index (χ2n) is 8.26. The van der Waals surface area contributed by atoms with E-state index in [-0.39, 0.29) is 29.8 Å². The SMILES string of the molecule is O=C(COc1cccc(NC(=O)C2CC2)c1)NCC1(c2cccc(Br)c2)CCOCC1. The van der Waals surface area contributed by atoms with E-state index in [1.807, 2.05) is 18.2 Å². The molecule has 2 aliphatic rings. The number of amides is 2. The molecule has 6 nitrogen and oxygen atoms in total. The largest absolute Gasteiger partial charge is 0.484 e. The lowest BCUT2D eigenvalue weighted by Crippen LogP contribution is -2.45. The van der Waals surface area contributed by atoms with Gasteiger partial charge in [-0.15, -0.1) is 0 Å². The van der Waals surface area contributed by atoms with Crippen LogP contribution in [0.5, 0.6) is 5.75 Å². The van der Waals surface area contributed by atoms with Gasteiger partial charge in [-0.05, 0) is 55.5 Å². The Bertz CT molecular complexity index is 939. The first kappa shape index (κ1) is 21.8. The maximum absolute atomic E-state index is 12.5. The molecule has 0 atom stereocenters. The number of carbonyl (C=O) groups excluding carboxylic acids is 2. The highest BCUT2D eigenvalue weighted by molar-refractivity contribution is 9.10. The summed E-state index contributed by atoms with van der Waals surface area (Å²) >= 11 is 3.55. The molecule has 31 heavy (non-hydrogen) atoms. The fourth-order valence-electron chi connectivity index (χ4n) is 3.87. The van der Waals surface area contributed by atoms with E-state index >= 15 is 0 Å². The van der Waals surface area contributed by atoms with Crippen molar-refractivity contribution in [2.45, 2.75) is 31.1 Å². The lowest BCUT2D eigenvalue weighted by Gasteiger charge is -2.38. The van der Waals surface area contributed by atoms with Crippen molar-refractivity contribution in [3.05, 3.63) is 58.6 Å². The van der Waals surface area contributed by atoms with Gasteiger partial charge in [-0.25, -0.2) is 0 Å². The lowest BCUT2D eigenvalue weighted by atomic mass is 9.74. The summed E-state index contributed by atoms with van der Waals surface area (Å²) in [6.07, 6.45) is 3.62. The Hall–Kier alpha value is -2.38. The van der Waals surface area contributed by atoms with E-state index in [9.17, 15) is 9.59 Å². The number of hydrogen-bond acceptors (Lipinski definition) is 4. The summed E-state index contributed by atoms with van der Waals surface area (Å²) in [6.45, 7) is 1.81. The average molecular weight is 487 g/mol. The number of nitrogens with one attached hydrogen (secondary N) is 2. The Morgan fingerprint density at radius 2 is 1.87 bits per heavy atom. The van der Waals surface area contributed by atoms with Crippen LogP contribution in [0.1, 0.15) is 31.2 Å². The predicted octanol–water partition coefficient (Wildman–Crippen LogP) is 4.04. The molecule has 0 radical (unpaired) electrons. The summed E-state index contributed by atoms with van der Waals surface area (Å²) in [6, 6.07) is 15.4. The van der Waals surface area contributed by atoms with Crippen LogP contribution in [0.2, 0.25) is 0 Å². The summed E-state index contributed by atoms with van der Waals surface area (Å²) < 4.78 is 12.3. The minimum atomic E-state index is -0.173. The number of halogens is 1. The molecule has 2 aromatic carbocycles. The van der Waals surface area contributed by atoms with Crippen molar-refractivity contribution in [1.82, 2.24) is 5.32 Å². The molecule has 4 rings (SSSR count). The highest BCUT2D eigenvalue weighted by Gasteiger charge is 2.35. The molecule has 7 heteroatoms. The van der Waals surface area contributed by atoms with Gasteiger partial charge in [-0.3, -0.25) is 9.59 Å². The van der Waals surface area contributed by atoms with Gasteiger partial charge in [0.1, 0.15) is 5.75 Å². The maximum atomic E-state index is 12.5. The molecule has 1 aliphatic heterocycles. The van der Waals surface area contributed by atoms with Crippen LogP contribution in [0.4, 0.5) is 5.69 Å². The number of ether oxygens (including phenoxy) is 2. The van der Waals surface area contributed by atoms with E-state index in [0.29, 0.717) is 31.2 Å². The second-order valence-corrected chi connectivity index (χ2v) is 9.18. The molecular weight excluding hydrogens is 460 g/mol. The van der Waals surface area contributed by atoms with Gasteiger partial charge in [0, 0.05) is 47.3 Å². The molecule has 1 saturated heterocycles. The zero-order valence-electron chi connectivity index (χ0n) is 17.4. The van der Waals surface area contributed by atoms with Gasteiger partial charge >= 0.3 is 0 Å². The normalized spacial score (nSPS) is 17.6. The third-order valence-corrected chi connectivity index (χ3v) is 6.42. The van der Waals surface area contributed by atoms with Crippen LogP contribution in [-0.2, 0) is 19.7 Å². The first-order valence-electron chi connectivity index (χ1n) is 10.7. The summed E-state index contributed by atoms with van der Waals surface area (Å²) in [5.41, 5.74) is 1.74. The Labute approximate surface area is 190 Å². The topological polar surface area (TPSA) is 76.7 Å². The quantitative estimate of drug-likeness (QED) is 0.590. The minimum Gasteiger partial charge on any atom is -0.484 e. The van der Waals surface area contributed by atoms with Gasteiger partial charge in [-0.1, -0.05) is 34.1 Å². The predicted molar refractivity (Wildman–Crippen MR) is 122 cm³/mol. The van der Waals surface area contributed by atoms with Crippen molar-refractivity contribution in [2.75, 3.05) is 31.7 Å². The van der Waals surface area contributed by atoms with E-state index in [2.05, 4.69) is 38.7 Å². The summed E-state index contributed by atoms with van der Waals surface area (Å²) in [7, 11) is 0. The molecule has 0 aromatic heterocycles. The Balaban J connectivity index is 1.32. The fourth-order valence-corrected chi connectivity index (χ4v) is 4.27. The van der Waals surface area contributed by atoms with E-state index in [4.69, 9.17) is 9.47 Å². The molecule has 1 saturated carbocycles. The van der Waals surface area contributed by atoms with Crippen molar-refractivity contribution >= 4 is 33.4 Å². The van der Waals surface area contributed by atoms with Crippen LogP contribution in [-0.4, -0.2) is 38.2 Å².